The van der Waals surface area contributed by atoms with Gasteiger partial charge in [0.1, 0.15) is 5.76 Å². The van der Waals surface area contributed by atoms with Crippen LogP contribution in [-0.2, 0) is 28.3 Å². The van der Waals surface area contributed by atoms with E-state index in [0.29, 0.717) is 22.0 Å². The number of carboxylic acid groups (broad SMARTS) is 1. The molecule has 0 bridgehead atoms. The number of carboxylic acids is 1. The SMILES string of the molecule is CCOP(=O)(OCC)OC1=C(C(=O)O)C(C)(c2ccc(Cl)c(Cl)c2)CC(C)C1C. The van der Waals surface area contributed by atoms with Crippen molar-refractivity contribution in [2.45, 2.75) is 46.5 Å². The van der Waals surface area contributed by atoms with Crippen molar-refractivity contribution < 1.29 is 28.0 Å². The molecule has 0 spiro atoms. The maximum absolute atomic E-state index is 13.0. The summed E-state index contributed by atoms with van der Waals surface area (Å²) in [5, 5.41) is 10.8. The molecule has 0 aromatic heterocycles. The van der Waals surface area contributed by atoms with E-state index in [1.165, 1.54) is 0 Å². The monoisotopic (exact) mass is 464 g/mol. The lowest BCUT2D eigenvalue weighted by molar-refractivity contribution is -0.134. The second-order valence-corrected chi connectivity index (χ2v) is 9.76. The molecule has 0 heterocycles. The summed E-state index contributed by atoms with van der Waals surface area (Å²) in [5.41, 5.74) is -0.238. The minimum absolute atomic E-state index is 0.0149. The van der Waals surface area contributed by atoms with Crippen LogP contribution in [-0.4, -0.2) is 24.3 Å². The number of phosphoric ester groups is 1. The summed E-state index contributed by atoms with van der Waals surface area (Å²) in [6.07, 6.45) is 0.536. The Morgan fingerprint density at radius 1 is 1.21 bits per heavy atom. The van der Waals surface area contributed by atoms with Crippen LogP contribution in [0.25, 0.3) is 0 Å². The Kier molecular flexibility index (Phi) is 7.86. The lowest BCUT2D eigenvalue weighted by Gasteiger charge is -2.42. The van der Waals surface area contributed by atoms with Crippen LogP contribution in [0.15, 0.2) is 29.5 Å². The fourth-order valence-corrected chi connectivity index (χ4v) is 5.39. The zero-order valence-corrected chi connectivity index (χ0v) is 19.6. The van der Waals surface area contributed by atoms with Crippen LogP contribution in [0.1, 0.15) is 46.6 Å². The first-order chi connectivity index (χ1) is 13.5. The van der Waals surface area contributed by atoms with Crippen molar-refractivity contribution >= 4 is 37.0 Å². The zero-order chi connectivity index (χ0) is 22.0. The van der Waals surface area contributed by atoms with E-state index in [2.05, 4.69) is 0 Å². The molecule has 0 saturated heterocycles. The van der Waals surface area contributed by atoms with Gasteiger partial charge in [0.05, 0.1) is 28.8 Å². The van der Waals surface area contributed by atoms with Crippen molar-refractivity contribution in [2.75, 3.05) is 13.2 Å². The van der Waals surface area contributed by atoms with Crippen molar-refractivity contribution in [1.82, 2.24) is 0 Å². The molecule has 3 atom stereocenters. The van der Waals surface area contributed by atoms with E-state index in [1.54, 1.807) is 32.0 Å². The number of rotatable bonds is 8. The molecule has 9 heteroatoms. The highest BCUT2D eigenvalue weighted by atomic mass is 35.5. The molecule has 1 aliphatic carbocycles. The third-order valence-electron chi connectivity index (χ3n) is 5.35. The molecule has 0 aliphatic heterocycles. The average Bonchev–Trinajstić information content (AvgIpc) is 2.61. The van der Waals surface area contributed by atoms with Crippen LogP contribution in [0.5, 0.6) is 0 Å². The normalized spacial score (nSPS) is 25.2. The highest BCUT2D eigenvalue weighted by molar-refractivity contribution is 7.48. The number of benzene rings is 1. The summed E-state index contributed by atoms with van der Waals surface area (Å²) < 4.78 is 29.2. The Labute approximate surface area is 181 Å². The lowest BCUT2D eigenvalue weighted by atomic mass is 9.63. The predicted molar refractivity (Wildman–Crippen MR) is 113 cm³/mol. The second-order valence-electron chi connectivity index (χ2n) is 7.35. The van der Waals surface area contributed by atoms with E-state index in [-0.39, 0.29) is 36.4 Å². The minimum atomic E-state index is -3.96. The van der Waals surface area contributed by atoms with E-state index in [4.69, 9.17) is 36.8 Å². The highest BCUT2D eigenvalue weighted by Gasteiger charge is 2.48. The lowest BCUT2D eigenvalue weighted by Crippen LogP contribution is -2.39. The van der Waals surface area contributed by atoms with Crippen LogP contribution in [0.2, 0.25) is 10.0 Å². The zero-order valence-electron chi connectivity index (χ0n) is 17.2. The van der Waals surface area contributed by atoms with Gasteiger partial charge >= 0.3 is 13.8 Å². The summed E-state index contributed by atoms with van der Waals surface area (Å²) in [5.74, 6) is -1.32. The van der Waals surface area contributed by atoms with E-state index in [1.807, 2.05) is 20.8 Å². The van der Waals surface area contributed by atoms with Crippen LogP contribution in [0, 0.1) is 11.8 Å². The van der Waals surface area contributed by atoms with Gasteiger partial charge in [-0.25, -0.2) is 9.36 Å². The molecular weight excluding hydrogens is 438 g/mol. The van der Waals surface area contributed by atoms with Crippen molar-refractivity contribution in [3.05, 3.63) is 45.1 Å². The topological polar surface area (TPSA) is 82.1 Å². The second kappa shape index (κ2) is 9.40. The largest absolute Gasteiger partial charge is 0.529 e. The highest BCUT2D eigenvalue weighted by Crippen LogP contribution is 2.57. The van der Waals surface area contributed by atoms with E-state index in [9.17, 15) is 14.5 Å². The number of allylic oxidation sites excluding steroid dienone is 1. The number of aliphatic carboxylic acids is 1. The fourth-order valence-electron chi connectivity index (χ4n) is 3.78. The van der Waals surface area contributed by atoms with Crippen molar-refractivity contribution in [1.29, 1.82) is 0 Å². The first-order valence-corrected chi connectivity index (χ1v) is 11.7. The smallest absolute Gasteiger partial charge is 0.478 e. The molecule has 0 radical (unpaired) electrons. The van der Waals surface area contributed by atoms with Crippen LogP contribution >= 0.6 is 31.0 Å². The van der Waals surface area contributed by atoms with Gasteiger partial charge in [0.15, 0.2) is 0 Å². The van der Waals surface area contributed by atoms with Gasteiger partial charge in [-0.1, -0.05) is 50.0 Å². The minimum Gasteiger partial charge on any atom is -0.478 e. The summed E-state index contributed by atoms with van der Waals surface area (Å²) in [6, 6.07) is 5.05. The molecule has 1 aliphatic rings. The Bertz CT molecular complexity index is 845. The molecule has 2 rings (SSSR count). The third kappa shape index (κ3) is 5.00. The quantitative estimate of drug-likeness (QED) is 0.444. The molecular formula is C20H27Cl2O6P. The Morgan fingerprint density at radius 2 is 1.79 bits per heavy atom. The molecule has 1 aromatic rings. The van der Waals surface area contributed by atoms with Gasteiger partial charge in [0, 0.05) is 11.3 Å². The van der Waals surface area contributed by atoms with Crippen LogP contribution < -0.4 is 0 Å². The van der Waals surface area contributed by atoms with Gasteiger partial charge in [-0.15, -0.1) is 0 Å². The first kappa shape index (κ1) is 24.2. The molecule has 1 N–H and O–H groups in total. The molecule has 29 heavy (non-hydrogen) atoms. The predicted octanol–water partition coefficient (Wildman–Crippen LogP) is 6.46. The maximum Gasteiger partial charge on any atom is 0.529 e. The molecule has 162 valence electrons. The van der Waals surface area contributed by atoms with Gasteiger partial charge < -0.3 is 9.63 Å². The third-order valence-corrected chi connectivity index (χ3v) is 7.66. The van der Waals surface area contributed by atoms with Gasteiger partial charge in [-0.2, -0.15) is 0 Å². The number of halogens is 2. The summed E-state index contributed by atoms with van der Waals surface area (Å²) in [4.78, 5) is 12.4. The standard InChI is InChI=1S/C20H27Cl2O6P/c1-6-26-29(25,27-7-2)28-18-13(4)12(3)11-20(5,17(18)19(23)24)14-8-9-15(21)16(22)10-14/h8-10,12-13H,6-7,11H2,1-5H3,(H,23,24). The van der Waals surface area contributed by atoms with Crippen molar-refractivity contribution in [2.24, 2.45) is 11.8 Å². The number of hydrogen-bond donors (Lipinski definition) is 1. The molecule has 0 amide bonds. The molecule has 3 unspecified atom stereocenters. The number of carbonyl (C=O) groups is 1. The molecule has 1 aromatic carbocycles. The van der Waals surface area contributed by atoms with Crippen LogP contribution in [0.4, 0.5) is 0 Å². The summed E-state index contributed by atoms with van der Waals surface area (Å²) in [7, 11) is -3.96. The van der Waals surface area contributed by atoms with E-state index < -0.39 is 19.2 Å². The molecule has 0 fully saturated rings. The Hall–Kier alpha value is -1.04. The van der Waals surface area contributed by atoms with Gasteiger partial charge in [0.25, 0.3) is 0 Å². The molecule has 6 nitrogen and oxygen atoms in total. The number of hydrogen-bond acceptors (Lipinski definition) is 5. The van der Waals surface area contributed by atoms with Gasteiger partial charge in [-0.3, -0.25) is 9.05 Å². The Morgan fingerprint density at radius 3 is 2.28 bits per heavy atom. The van der Waals surface area contributed by atoms with E-state index in [0.717, 1.165) is 0 Å². The summed E-state index contributed by atoms with van der Waals surface area (Å²) in [6.45, 7) is 9.17. The van der Waals surface area contributed by atoms with Gasteiger partial charge in [0.2, 0.25) is 0 Å². The Balaban J connectivity index is 2.70. The first-order valence-electron chi connectivity index (χ1n) is 9.51. The van der Waals surface area contributed by atoms with Crippen molar-refractivity contribution in [3.8, 4) is 0 Å². The van der Waals surface area contributed by atoms with Gasteiger partial charge in [-0.05, 0) is 43.9 Å². The fraction of sp³-hybridized carbons (Fsp3) is 0.550. The average molecular weight is 465 g/mol. The van der Waals surface area contributed by atoms with E-state index >= 15 is 0 Å². The van der Waals surface area contributed by atoms with Crippen molar-refractivity contribution in [3.63, 3.8) is 0 Å². The maximum atomic E-state index is 13.0. The summed E-state index contributed by atoms with van der Waals surface area (Å²) >= 11 is 12.2. The molecule has 0 saturated carbocycles. The number of phosphoric acid groups is 1. The van der Waals surface area contributed by atoms with Crippen LogP contribution in [0.3, 0.4) is 0 Å².